The number of hydrogen-bond acceptors (Lipinski definition) is 3. The van der Waals surface area contributed by atoms with Gasteiger partial charge in [0.25, 0.3) is 0 Å². The first-order valence-corrected chi connectivity index (χ1v) is 6.16. The number of rotatable bonds is 3. The Kier molecular flexibility index (Phi) is 3.17. The predicted octanol–water partition coefficient (Wildman–Crippen LogP) is 2.14. The van der Waals surface area contributed by atoms with Crippen molar-refractivity contribution in [2.75, 3.05) is 0 Å². The zero-order chi connectivity index (χ0) is 12.6. The number of carboxylic acid groups (broad SMARTS) is 1. The molecule has 17 heavy (non-hydrogen) atoms. The number of aromatic nitrogens is 3. The normalized spacial score (nSPS) is 24.5. The van der Waals surface area contributed by atoms with Crippen LogP contribution in [0.15, 0.2) is 0 Å². The molecule has 5 heteroatoms. The van der Waals surface area contributed by atoms with Crippen molar-refractivity contribution in [2.24, 2.45) is 5.92 Å². The molecule has 0 bridgehead atoms. The molecule has 0 spiro atoms. The van der Waals surface area contributed by atoms with Crippen molar-refractivity contribution in [1.82, 2.24) is 14.8 Å². The number of aryl methyl sites for hydroxylation is 1. The highest BCUT2D eigenvalue weighted by Crippen LogP contribution is 2.39. The molecule has 0 aromatic carbocycles. The maximum atomic E-state index is 11.2. The quantitative estimate of drug-likeness (QED) is 0.874. The average molecular weight is 237 g/mol. The summed E-state index contributed by atoms with van der Waals surface area (Å²) in [6, 6.07) is 0.273. The molecule has 0 radical (unpaired) electrons. The fourth-order valence-electron chi connectivity index (χ4n) is 2.84. The number of carbonyl (C=O) groups is 1. The van der Waals surface area contributed by atoms with Gasteiger partial charge in [-0.05, 0) is 33.6 Å². The van der Waals surface area contributed by atoms with Crippen LogP contribution < -0.4 is 0 Å². The smallest absolute Gasteiger partial charge is 0.307 e. The van der Waals surface area contributed by atoms with Gasteiger partial charge in [-0.1, -0.05) is 6.42 Å². The molecule has 94 valence electrons. The highest BCUT2D eigenvalue weighted by Gasteiger charge is 2.37. The molecule has 1 N–H and O–H groups in total. The lowest BCUT2D eigenvalue weighted by atomic mass is 9.95. The van der Waals surface area contributed by atoms with Crippen molar-refractivity contribution in [3.63, 3.8) is 0 Å². The van der Waals surface area contributed by atoms with Gasteiger partial charge in [0, 0.05) is 12.0 Å². The Labute approximate surface area is 101 Å². The van der Waals surface area contributed by atoms with Gasteiger partial charge in [-0.25, -0.2) is 0 Å². The largest absolute Gasteiger partial charge is 0.481 e. The van der Waals surface area contributed by atoms with E-state index < -0.39 is 5.97 Å². The Hall–Kier alpha value is -1.39. The molecule has 1 fully saturated rings. The Bertz CT molecular complexity index is 425. The number of aliphatic carboxylic acids is 1. The lowest BCUT2D eigenvalue weighted by molar-refractivity contribution is -0.142. The van der Waals surface area contributed by atoms with E-state index in [0.717, 1.165) is 30.9 Å². The van der Waals surface area contributed by atoms with Crippen LogP contribution in [0.3, 0.4) is 0 Å². The van der Waals surface area contributed by atoms with E-state index in [2.05, 4.69) is 28.6 Å². The van der Waals surface area contributed by atoms with Crippen molar-refractivity contribution in [1.29, 1.82) is 0 Å². The SMILES string of the molecule is Cc1nnc(C2CCCC2C(=O)O)n1C(C)C. The van der Waals surface area contributed by atoms with Crippen molar-refractivity contribution >= 4 is 5.97 Å². The minimum atomic E-state index is -0.705. The Balaban J connectivity index is 2.37. The van der Waals surface area contributed by atoms with Gasteiger partial charge < -0.3 is 9.67 Å². The van der Waals surface area contributed by atoms with Crippen LogP contribution in [0.5, 0.6) is 0 Å². The van der Waals surface area contributed by atoms with E-state index >= 15 is 0 Å². The van der Waals surface area contributed by atoms with E-state index in [1.165, 1.54) is 0 Å². The Morgan fingerprint density at radius 3 is 2.71 bits per heavy atom. The van der Waals surface area contributed by atoms with Gasteiger partial charge in [-0.2, -0.15) is 0 Å². The molecule has 2 atom stereocenters. The summed E-state index contributed by atoms with van der Waals surface area (Å²) in [5, 5.41) is 17.5. The molecule has 2 rings (SSSR count). The van der Waals surface area contributed by atoms with Crippen LogP contribution in [0, 0.1) is 12.8 Å². The second kappa shape index (κ2) is 4.47. The average Bonchev–Trinajstić information content (AvgIpc) is 2.82. The standard InChI is InChI=1S/C12H19N3O2/c1-7(2)15-8(3)13-14-11(15)9-5-4-6-10(9)12(16)17/h7,9-10H,4-6H2,1-3H3,(H,16,17). The molecule has 1 heterocycles. The van der Waals surface area contributed by atoms with Crippen LogP contribution in [-0.4, -0.2) is 25.8 Å². The van der Waals surface area contributed by atoms with Gasteiger partial charge in [0.1, 0.15) is 11.6 Å². The van der Waals surface area contributed by atoms with Crippen molar-refractivity contribution in [2.45, 2.75) is 52.0 Å². The highest BCUT2D eigenvalue weighted by molar-refractivity contribution is 5.71. The molecule has 0 aliphatic heterocycles. The number of carboxylic acids is 1. The highest BCUT2D eigenvalue weighted by atomic mass is 16.4. The topological polar surface area (TPSA) is 68.0 Å². The molecule has 0 amide bonds. The summed E-state index contributed by atoms with van der Waals surface area (Å²) in [6.45, 7) is 6.07. The number of hydrogen-bond donors (Lipinski definition) is 1. The zero-order valence-corrected chi connectivity index (χ0v) is 10.6. The third-order valence-corrected chi connectivity index (χ3v) is 3.57. The maximum absolute atomic E-state index is 11.2. The molecule has 1 aliphatic rings. The first-order valence-electron chi connectivity index (χ1n) is 6.16. The monoisotopic (exact) mass is 237 g/mol. The van der Waals surface area contributed by atoms with Crippen LogP contribution in [0.4, 0.5) is 0 Å². The van der Waals surface area contributed by atoms with Crippen LogP contribution >= 0.6 is 0 Å². The maximum Gasteiger partial charge on any atom is 0.307 e. The van der Waals surface area contributed by atoms with Gasteiger partial charge in [-0.3, -0.25) is 4.79 Å². The van der Waals surface area contributed by atoms with E-state index in [4.69, 9.17) is 0 Å². The summed E-state index contributed by atoms with van der Waals surface area (Å²) in [5.41, 5.74) is 0. The minimum Gasteiger partial charge on any atom is -0.481 e. The van der Waals surface area contributed by atoms with E-state index in [-0.39, 0.29) is 17.9 Å². The third-order valence-electron chi connectivity index (χ3n) is 3.57. The zero-order valence-electron chi connectivity index (χ0n) is 10.6. The first kappa shape index (κ1) is 12.1. The van der Waals surface area contributed by atoms with E-state index in [9.17, 15) is 9.90 Å². The molecule has 1 aromatic rings. The van der Waals surface area contributed by atoms with Gasteiger partial charge in [-0.15, -0.1) is 10.2 Å². The molecule has 5 nitrogen and oxygen atoms in total. The molecule has 0 saturated heterocycles. The molecule has 1 aromatic heterocycles. The summed E-state index contributed by atoms with van der Waals surface area (Å²) < 4.78 is 2.06. The summed E-state index contributed by atoms with van der Waals surface area (Å²) in [7, 11) is 0. The predicted molar refractivity (Wildman–Crippen MR) is 62.9 cm³/mol. The lowest BCUT2D eigenvalue weighted by Crippen LogP contribution is -2.21. The van der Waals surface area contributed by atoms with E-state index in [1.807, 2.05) is 6.92 Å². The van der Waals surface area contributed by atoms with E-state index in [0.29, 0.717) is 0 Å². The summed E-state index contributed by atoms with van der Waals surface area (Å²) >= 11 is 0. The molecule has 1 saturated carbocycles. The lowest BCUT2D eigenvalue weighted by Gasteiger charge is -2.19. The fraction of sp³-hybridized carbons (Fsp3) is 0.750. The summed E-state index contributed by atoms with van der Waals surface area (Å²) in [4.78, 5) is 11.2. The van der Waals surface area contributed by atoms with Gasteiger partial charge in [0.2, 0.25) is 0 Å². The van der Waals surface area contributed by atoms with Crippen LogP contribution in [0.2, 0.25) is 0 Å². The summed E-state index contributed by atoms with van der Waals surface area (Å²) in [5.74, 6) is 0.740. The van der Waals surface area contributed by atoms with Crippen molar-refractivity contribution < 1.29 is 9.90 Å². The van der Waals surface area contributed by atoms with Crippen LogP contribution in [-0.2, 0) is 4.79 Å². The molecular weight excluding hydrogens is 218 g/mol. The van der Waals surface area contributed by atoms with Gasteiger partial charge >= 0.3 is 5.97 Å². The molecule has 1 aliphatic carbocycles. The second-order valence-corrected chi connectivity index (χ2v) is 5.05. The summed E-state index contributed by atoms with van der Waals surface area (Å²) in [6.07, 6.45) is 2.62. The Morgan fingerprint density at radius 2 is 2.12 bits per heavy atom. The van der Waals surface area contributed by atoms with E-state index in [1.54, 1.807) is 0 Å². The molecular formula is C12H19N3O2. The van der Waals surface area contributed by atoms with Crippen molar-refractivity contribution in [3.05, 3.63) is 11.6 Å². The van der Waals surface area contributed by atoms with Crippen molar-refractivity contribution in [3.8, 4) is 0 Å². The fourth-order valence-corrected chi connectivity index (χ4v) is 2.84. The second-order valence-electron chi connectivity index (χ2n) is 5.05. The van der Waals surface area contributed by atoms with Gasteiger partial charge in [0.15, 0.2) is 0 Å². The van der Waals surface area contributed by atoms with Gasteiger partial charge in [0.05, 0.1) is 5.92 Å². The molecule has 2 unspecified atom stereocenters. The first-order chi connectivity index (χ1) is 8.02. The number of nitrogens with zero attached hydrogens (tertiary/aromatic N) is 3. The Morgan fingerprint density at radius 1 is 1.41 bits per heavy atom. The van der Waals surface area contributed by atoms with Crippen LogP contribution in [0.25, 0.3) is 0 Å². The third kappa shape index (κ3) is 2.06. The minimum absolute atomic E-state index is 0.0242. The van der Waals surface area contributed by atoms with Crippen LogP contribution in [0.1, 0.15) is 56.7 Å².